The van der Waals surface area contributed by atoms with Crippen molar-refractivity contribution >= 4 is 34.0 Å². The predicted octanol–water partition coefficient (Wildman–Crippen LogP) is 2.01. The third kappa shape index (κ3) is 7.44. The lowest BCUT2D eigenvalue weighted by atomic mass is 10.2. The highest BCUT2D eigenvalue weighted by molar-refractivity contribution is 9.10. The number of nitrogens with one attached hydrogen (secondary N) is 2. The Morgan fingerprint density at radius 3 is 2.67 bits per heavy atom. The van der Waals surface area contributed by atoms with Crippen LogP contribution < -0.4 is 25.0 Å². The fourth-order valence-electron chi connectivity index (χ4n) is 2.17. The maximum absolute atomic E-state index is 11.8. The minimum Gasteiger partial charge on any atom is -0.493 e. The second-order valence-electron chi connectivity index (χ2n) is 5.65. The summed E-state index contributed by atoms with van der Waals surface area (Å²) in [5.41, 5.74) is 2.93. The Hall–Kier alpha value is -3.58. The molecule has 0 bridgehead atoms. The van der Waals surface area contributed by atoms with Crippen molar-refractivity contribution in [1.29, 1.82) is 5.26 Å². The molecule has 10 heteroatoms. The molecule has 2 aromatic carbocycles. The van der Waals surface area contributed by atoms with Gasteiger partial charge in [-0.05, 0) is 45.8 Å². The zero-order valence-electron chi connectivity index (χ0n) is 16.1. The number of nitrogens with zero attached hydrogens (tertiary/aromatic N) is 2. The number of hydrazone groups is 1. The molecule has 0 radical (unpaired) electrons. The van der Waals surface area contributed by atoms with Crippen LogP contribution in [-0.2, 0) is 9.59 Å². The highest BCUT2D eigenvalue weighted by Gasteiger charge is 2.11. The fraction of sp³-hybridized carbons (Fsp3) is 0.200. The molecule has 0 aromatic heterocycles. The van der Waals surface area contributed by atoms with Gasteiger partial charge in [-0.25, -0.2) is 5.43 Å². The summed E-state index contributed by atoms with van der Waals surface area (Å²) in [6.07, 6.45) is 1.40. The van der Waals surface area contributed by atoms with Crippen molar-refractivity contribution in [3.8, 4) is 23.3 Å². The molecule has 0 aliphatic carbocycles. The van der Waals surface area contributed by atoms with E-state index in [1.807, 2.05) is 12.1 Å². The maximum atomic E-state index is 11.8. The topological polar surface area (TPSA) is 122 Å². The second-order valence-corrected chi connectivity index (χ2v) is 6.51. The van der Waals surface area contributed by atoms with Gasteiger partial charge < -0.3 is 19.5 Å². The van der Waals surface area contributed by atoms with Gasteiger partial charge in [0, 0.05) is 0 Å². The predicted molar refractivity (Wildman–Crippen MR) is 112 cm³/mol. The first kappa shape index (κ1) is 22.7. The normalized spacial score (nSPS) is 10.2. The summed E-state index contributed by atoms with van der Waals surface area (Å²) >= 11 is 3.34. The van der Waals surface area contributed by atoms with Crippen molar-refractivity contribution in [2.45, 2.75) is 0 Å². The first-order valence-corrected chi connectivity index (χ1v) is 9.46. The quantitative estimate of drug-likeness (QED) is 0.401. The summed E-state index contributed by atoms with van der Waals surface area (Å²) in [6.45, 7) is -0.572. The SMILES string of the molecule is COc1cc(/C=N\NC(=O)CNC(=O)COc2ccccc2)cc(Br)c1OCC#N. The molecule has 0 atom stereocenters. The Kier molecular flexibility index (Phi) is 9.15. The number of hydrogen-bond acceptors (Lipinski definition) is 7. The molecule has 2 amide bonds. The van der Waals surface area contributed by atoms with E-state index >= 15 is 0 Å². The third-order valence-electron chi connectivity index (χ3n) is 3.49. The minimum atomic E-state index is -0.501. The van der Waals surface area contributed by atoms with E-state index < -0.39 is 11.8 Å². The highest BCUT2D eigenvalue weighted by Crippen LogP contribution is 2.36. The number of ether oxygens (including phenoxy) is 3. The minimum absolute atomic E-state index is 0.124. The number of para-hydroxylation sites is 1. The Bertz CT molecular complexity index is 944. The largest absolute Gasteiger partial charge is 0.493 e. The molecule has 0 aliphatic heterocycles. The second kappa shape index (κ2) is 12.1. The molecule has 156 valence electrons. The number of nitriles is 1. The van der Waals surface area contributed by atoms with E-state index in [0.29, 0.717) is 27.3 Å². The molecule has 9 nitrogen and oxygen atoms in total. The lowest BCUT2D eigenvalue weighted by Gasteiger charge is -2.11. The first-order valence-electron chi connectivity index (χ1n) is 8.67. The van der Waals surface area contributed by atoms with E-state index in [9.17, 15) is 9.59 Å². The number of amides is 2. The van der Waals surface area contributed by atoms with Crippen LogP contribution in [0.2, 0.25) is 0 Å². The van der Waals surface area contributed by atoms with Crippen molar-refractivity contribution in [2.75, 3.05) is 26.9 Å². The van der Waals surface area contributed by atoms with Crippen molar-refractivity contribution in [1.82, 2.24) is 10.7 Å². The van der Waals surface area contributed by atoms with Crippen LogP contribution in [0.1, 0.15) is 5.56 Å². The standard InChI is InChI=1S/C20H19BrN4O5/c1-28-17-10-14(9-16(21)20(17)29-8-7-22)11-24-25-18(26)12-23-19(27)13-30-15-5-3-2-4-6-15/h2-6,9-11H,8,12-13H2,1H3,(H,23,27)(H,25,26)/b24-11-. The van der Waals surface area contributed by atoms with Gasteiger partial charge >= 0.3 is 0 Å². The zero-order chi connectivity index (χ0) is 21.8. The molecular weight excluding hydrogens is 456 g/mol. The Balaban J connectivity index is 1.80. The van der Waals surface area contributed by atoms with Gasteiger partial charge in [0.1, 0.15) is 11.8 Å². The lowest BCUT2D eigenvalue weighted by Crippen LogP contribution is -2.37. The van der Waals surface area contributed by atoms with Crippen molar-refractivity contribution < 1.29 is 23.8 Å². The maximum Gasteiger partial charge on any atom is 0.259 e. The highest BCUT2D eigenvalue weighted by atomic mass is 79.9. The lowest BCUT2D eigenvalue weighted by molar-refractivity contribution is -0.127. The van der Waals surface area contributed by atoms with Crippen LogP contribution in [0.5, 0.6) is 17.2 Å². The summed E-state index contributed by atoms with van der Waals surface area (Å²) in [5, 5.41) is 14.9. The monoisotopic (exact) mass is 474 g/mol. The number of halogens is 1. The molecule has 0 heterocycles. The summed E-state index contributed by atoms with van der Waals surface area (Å²) in [7, 11) is 1.47. The van der Waals surface area contributed by atoms with Crippen molar-refractivity contribution in [3.63, 3.8) is 0 Å². The molecule has 30 heavy (non-hydrogen) atoms. The molecule has 0 aliphatic rings. The van der Waals surface area contributed by atoms with Gasteiger partial charge in [-0.1, -0.05) is 18.2 Å². The Labute approximate surface area is 181 Å². The molecule has 2 aromatic rings. The van der Waals surface area contributed by atoms with E-state index in [2.05, 4.69) is 31.8 Å². The number of benzene rings is 2. The first-order chi connectivity index (χ1) is 14.5. The molecule has 0 fully saturated rings. The zero-order valence-corrected chi connectivity index (χ0v) is 17.6. The molecule has 0 spiro atoms. The summed E-state index contributed by atoms with van der Waals surface area (Å²) in [4.78, 5) is 23.5. The number of methoxy groups -OCH3 is 1. The van der Waals surface area contributed by atoms with Gasteiger partial charge in [-0.2, -0.15) is 10.4 Å². The Morgan fingerprint density at radius 1 is 1.20 bits per heavy atom. The van der Waals surface area contributed by atoms with Gasteiger partial charge in [0.05, 0.1) is 24.3 Å². The van der Waals surface area contributed by atoms with Gasteiger partial charge in [0.15, 0.2) is 24.7 Å². The van der Waals surface area contributed by atoms with E-state index in [0.717, 1.165) is 0 Å². The molecule has 0 saturated carbocycles. The molecule has 0 unspecified atom stereocenters. The number of rotatable bonds is 10. The van der Waals surface area contributed by atoms with Gasteiger partial charge in [0.25, 0.3) is 11.8 Å². The molecule has 2 rings (SSSR count). The Morgan fingerprint density at radius 2 is 1.97 bits per heavy atom. The van der Waals surface area contributed by atoms with Crippen molar-refractivity contribution in [3.05, 3.63) is 52.5 Å². The third-order valence-corrected chi connectivity index (χ3v) is 4.08. The molecule has 2 N–H and O–H groups in total. The number of carbonyl (C=O) groups is 2. The van der Waals surface area contributed by atoms with Crippen LogP contribution in [0, 0.1) is 11.3 Å². The molecule has 0 saturated heterocycles. The van der Waals surface area contributed by atoms with E-state index in [-0.39, 0.29) is 19.8 Å². The number of hydrogen-bond donors (Lipinski definition) is 2. The van der Waals surface area contributed by atoms with Gasteiger partial charge in [-0.3, -0.25) is 9.59 Å². The van der Waals surface area contributed by atoms with Crippen LogP contribution in [0.25, 0.3) is 0 Å². The summed E-state index contributed by atoms with van der Waals surface area (Å²) in [5.74, 6) is 0.421. The fourth-order valence-corrected chi connectivity index (χ4v) is 2.75. The summed E-state index contributed by atoms with van der Waals surface area (Å²) in [6, 6.07) is 14.1. The van der Waals surface area contributed by atoms with Crippen LogP contribution >= 0.6 is 15.9 Å². The van der Waals surface area contributed by atoms with Gasteiger partial charge in [-0.15, -0.1) is 0 Å². The van der Waals surface area contributed by atoms with Crippen LogP contribution in [0.3, 0.4) is 0 Å². The van der Waals surface area contributed by atoms with E-state index in [1.165, 1.54) is 13.3 Å². The van der Waals surface area contributed by atoms with Crippen LogP contribution in [0.15, 0.2) is 52.0 Å². The average molecular weight is 475 g/mol. The van der Waals surface area contributed by atoms with E-state index in [4.69, 9.17) is 19.5 Å². The van der Waals surface area contributed by atoms with Gasteiger partial charge in [0.2, 0.25) is 0 Å². The smallest absolute Gasteiger partial charge is 0.259 e. The summed E-state index contributed by atoms with van der Waals surface area (Å²) < 4.78 is 16.4. The number of carbonyl (C=O) groups excluding carboxylic acids is 2. The van der Waals surface area contributed by atoms with Crippen LogP contribution in [-0.4, -0.2) is 44.9 Å². The average Bonchev–Trinajstić information content (AvgIpc) is 2.76. The van der Waals surface area contributed by atoms with Crippen molar-refractivity contribution in [2.24, 2.45) is 5.10 Å². The van der Waals surface area contributed by atoms with E-state index in [1.54, 1.807) is 36.4 Å². The van der Waals surface area contributed by atoms with Crippen LogP contribution in [0.4, 0.5) is 0 Å². The molecular formula is C20H19BrN4O5.